The van der Waals surface area contributed by atoms with Gasteiger partial charge in [-0.25, -0.2) is 4.79 Å². The van der Waals surface area contributed by atoms with Crippen LogP contribution in [-0.2, 0) is 10.2 Å². The van der Waals surface area contributed by atoms with Gasteiger partial charge in [-0.2, -0.15) is 0 Å². The van der Waals surface area contributed by atoms with Gasteiger partial charge >= 0.3 is 5.97 Å². The maximum Gasteiger partial charge on any atom is 0.335 e. The van der Waals surface area contributed by atoms with E-state index >= 15 is 0 Å². The normalized spacial score (nSPS) is 18.8. The lowest BCUT2D eigenvalue weighted by atomic mass is 9.72. The fourth-order valence-electron chi connectivity index (χ4n) is 4.28. The van der Waals surface area contributed by atoms with Crippen LogP contribution in [0, 0.1) is 5.92 Å². The number of para-hydroxylation sites is 1. The number of aliphatic carboxylic acids is 1. The van der Waals surface area contributed by atoms with E-state index < -0.39 is 17.0 Å². The topological polar surface area (TPSA) is 70.7 Å². The monoisotopic (exact) mass is 330 g/mol. The van der Waals surface area contributed by atoms with E-state index in [0.29, 0.717) is 12.3 Å². The number of hydrogen-bond acceptors (Lipinski definition) is 3. The van der Waals surface area contributed by atoms with Gasteiger partial charge in [-0.3, -0.25) is 0 Å². The molecule has 0 aliphatic heterocycles. The van der Waals surface area contributed by atoms with E-state index in [1.807, 2.05) is 38.1 Å². The number of aliphatic hydroxyl groups is 1. The van der Waals surface area contributed by atoms with Crippen LogP contribution in [0.5, 0.6) is 0 Å². The third kappa shape index (κ3) is 3.20. The summed E-state index contributed by atoms with van der Waals surface area (Å²) in [4.78, 5) is 11.9. The van der Waals surface area contributed by atoms with Gasteiger partial charge in [0.15, 0.2) is 5.60 Å². The van der Waals surface area contributed by atoms with Gasteiger partial charge in [0.2, 0.25) is 0 Å². The molecule has 0 bridgehead atoms. The van der Waals surface area contributed by atoms with E-state index in [9.17, 15) is 15.0 Å². The molecule has 0 spiro atoms. The number of hydrogen-bond donors (Lipinski definition) is 2. The Morgan fingerprint density at radius 1 is 1.25 bits per heavy atom. The molecule has 130 valence electrons. The largest absolute Gasteiger partial charge is 0.479 e. The van der Waals surface area contributed by atoms with Crippen molar-refractivity contribution >= 4 is 16.9 Å². The van der Waals surface area contributed by atoms with Crippen LogP contribution in [0.4, 0.5) is 0 Å². The minimum Gasteiger partial charge on any atom is -0.479 e. The molecule has 1 atom stereocenters. The Kier molecular flexibility index (Phi) is 4.43. The second kappa shape index (κ2) is 6.25. The van der Waals surface area contributed by atoms with Crippen molar-refractivity contribution in [1.82, 2.24) is 0 Å². The van der Waals surface area contributed by atoms with E-state index in [4.69, 9.17) is 4.42 Å². The molecule has 1 saturated carbocycles. The Hall–Kier alpha value is -1.81. The molecule has 1 aromatic heterocycles. The van der Waals surface area contributed by atoms with Gasteiger partial charge in [0.25, 0.3) is 0 Å². The first-order chi connectivity index (χ1) is 11.3. The minimum absolute atomic E-state index is 0.172. The first kappa shape index (κ1) is 17.0. The second-order valence-corrected chi connectivity index (χ2v) is 7.90. The molecule has 2 N–H and O–H groups in total. The van der Waals surface area contributed by atoms with Crippen molar-refractivity contribution in [2.75, 3.05) is 0 Å². The highest BCUT2D eigenvalue weighted by Gasteiger charge is 2.44. The number of carboxylic acid groups (broad SMARTS) is 1. The summed E-state index contributed by atoms with van der Waals surface area (Å²) in [5.41, 5.74) is -0.497. The summed E-state index contributed by atoms with van der Waals surface area (Å²) < 4.78 is 5.61. The summed E-state index contributed by atoms with van der Waals surface area (Å²) in [6, 6.07) is 7.78. The van der Waals surface area contributed by atoms with Crippen molar-refractivity contribution in [2.45, 2.75) is 63.4 Å². The molecule has 0 saturated heterocycles. The summed E-state index contributed by atoms with van der Waals surface area (Å²) >= 11 is 0. The highest BCUT2D eigenvalue weighted by Crippen LogP contribution is 2.41. The molecule has 1 unspecified atom stereocenters. The zero-order valence-electron chi connectivity index (χ0n) is 14.4. The molecule has 1 heterocycles. The molecule has 0 amide bonds. The summed E-state index contributed by atoms with van der Waals surface area (Å²) in [5.74, 6) is -0.810. The molecule has 3 rings (SSSR count). The average Bonchev–Trinajstić information content (AvgIpc) is 3.16. The maximum atomic E-state index is 11.9. The lowest BCUT2D eigenvalue weighted by Crippen LogP contribution is -2.45. The first-order valence-electron chi connectivity index (χ1n) is 8.74. The van der Waals surface area contributed by atoms with Gasteiger partial charge in [-0.1, -0.05) is 57.7 Å². The number of rotatable bonds is 6. The Morgan fingerprint density at radius 3 is 2.62 bits per heavy atom. The van der Waals surface area contributed by atoms with Crippen molar-refractivity contribution in [3.05, 3.63) is 36.1 Å². The summed E-state index contributed by atoms with van der Waals surface area (Å²) in [6.45, 7) is 3.96. The van der Waals surface area contributed by atoms with Crippen molar-refractivity contribution in [1.29, 1.82) is 0 Å². The average molecular weight is 330 g/mol. The van der Waals surface area contributed by atoms with Crippen LogP contribution in [0.15, 0.2) is 34.9 Å². The number of benzene rings is 1. The lowest BCUT2D eigenvalue weighted by Gasteiger charge is -2.35. The predicted molar refractivity (Wildman–Crippen MR) is 93.0 cm³/mol. The van der Waals surface area contributed by atoms with Crippen LogP contribution in [0.1, 0.15) is 57.9 Å². The summed E-state index contributed by atoms with van der Waals surface area (Å²) in [6.07, 6.45) is 6.45. The van der Waals surface area contributed by atoms with Gasteiger partial charge in [0.1, 0.15) is 5.58 Å². The van der Waals surface area contributed by atoms with Gasteiger partial charge < -0.3 is 14.6 Å². The van der Waals surface area contributed by atoms with Gasteiger partial charge in [0, 0.05) is 10.9 Å². The predicted octanol–water partition coefficient (Wildman–Crippen LogP) is 4.50. The van der Waals surface area contributed by atoms with Gasteiger partial charge in [-0.05, 0) is 30.2 Å². The number of carbonyl (C=O) groups is 1. The molecule has 4 nitrogen and oxygen atoms in total. The lowest BCUT2D eigenvalue weighted by molar-refractivity contribution is -0.163. The molecular weight excluding hydrogens is 304 g/mol. The number of fused-ring (bicyclic) bond motifs is 1. The van der Waals surface area contributed by atoms with E-state index in [1.54, 1.807) is 6.26 Å². The van der Waals surface area contributed by atoms with Crippen LogP contribution < -0.4 is 0 Å². The second-order valence-electron chi connectivity index (χ2n) is 7.90. The van der Waals surface area contributed by atoms with E-state index in [0.717, 1.165) is 42.2 Å². The SMILES string of the molecule is CC(C)(CC(O)(CC1CCCC1)C(=O)O)c1cccc2ccoc12. The third-order valence-electron chi connectivity index (χ3n) is 5.44. The smallest absolute Gasteiger partial charge is 0.335 e. The third-order valence-corrected chi connectivity index (χ3v) is 5.44. The van der Waals surface area contributed by atoms with Crippen LogP contribution in [0.3, 0.4) is 0 Å². The fraction of sp³-hybridized carbons (Fsp3) is 0.550. The minimum atomic E-state index is -1.70. The Bertz CT molecular complexity index is 724. The van der Waals surface area contributed by atoms with Gasteiger partial charge in [-0.15, -0.1) is 0 Å². The zero-order chi connectivity index (χ0) is 17.4. The Labute approximate surface area is 142 Å². The Balaban J connectivity index is 1.90. The molecule has 1 fully saturated rings. The number of furan rings is 1. The number of carboxylic acids is 1. The molecule has 1 aliphatic carbocycles. The highest BCUT2D eigenvalue weighted by molar-refractivity contribution is 5.82. The highest BCUT2D eigenvalue weighted by atomic mass is 16.4. The van der Waals surface area contributed by atoms with Crippen LogP contribution in [0.25, 0.3) is 11.0 Å². The molecule has 1 aromatic carbocycles. The maximum absolute atomic E-state index is 11.9. The van der Waals surface area contributed by atoms with Crippen molar-refractivity contribution in [2.24, 2.45) is 5.92 Å². The van der Waals surface area contributed by atoms with Crippen molar-refractivity contribution in [3.63, 3.8) is 0 Å². The van der Waals surface area contributed by atoms with Crippen molar-refractivity contribution < 1.29 is 19.4 Å². The molecule has 4 heteroatoms. The van der Waals surface area contributed by atoms with E-state index in [2.05, 4.69) is 0 Å². The molecule has 1 aliphatic rings. The van der Waals surface area contributed by atoms with Gasteiger partial charge in [0.05, 0.1) is 6.26 Å². The summed E-state index contributed by atoms with van der Waals surface area (Å²) in [7, 11) is 0. The zero-order valence-corrected chi connectivity index (χ0v) is 14.4. The Morgan fingerprint density at radius 2 is 1.96 bits per heavy atom. The van der Waals surface area contributed by atoms with Crippen LogP contribution >= 0.6 is 0 Å². The standard InChI is InChI=1S/C20H26O4/c1-19(2,16-9-5-8-15-10-11-24-17(15)16)13-20(23,18(21)22)12-14-6-3-4-7-14/h5,8-11,14,23H,3-4,6-7,12-13H2,1-2H3,(H,21,22). The quantitative estimate of drug-likeness (QED) is 0.818. The summed E-state index contributed by atoms with van der Waals surface area (Å²) in [5, 5.41) is 21.6. The molecule has 2 aromatic rings. The van der Waals surface area contributed by atoms with E-state index in [-0.39, 0.29) is 6.42 Å². The molecular formula is C20H26O4. The first-order valence-corrected chi connectivity index (χ1v) is 8.74. The van der Waals surface area contributed by atoms with Crippen LogP contribution in [-0.4, -0.2) is 21.8 Å². The molecule has 0 radical (unpaired) electrons. The molecule has 24 heavy (non-hydrogen) atoms. The van der Waals surface area contributed by atoms with Crippen molar-refractivity contribution in [3.8, 4) is 0 Å². The van der Waals surface area contributed by atoms with Crippen LogP contribution in [0.2, 0.25) is 0 Å². The van der Waals surface area contributed by atoms with E-state index in [1.165, 1.54) is 0 Å². The fourth-order valence-corrected chi connectivity index (χ4v) is 4.28.